The van der Waals surface area contributed by atoms with Gasteiger partial charge in [0.25, 0.3) is 0 Å². The molecule has 0 bridgehead atoms. The van der Waals surface area contributed by atoms with E-state index in [1.54, 1.807) is 31.4 Å². The van der Waals surface area contributed by atoms with Gasteiger partial charge < -0.3 is 9.47 Å². The summed E-state index contributed by atoms with van der Waals surface area (Å²) in [5.74, 6) is 1.54. The summed E-state index contributed by atoms with van der Waals surface area (Å²) in [5, 5.41) is 0. The second-order valence-electron chi connectivity index (χ2n) is 4.47. The largest absolute Gasteiger partial charge is 0.497 e. The molecule has 0 unspecified atom stereocenters. The van der Waals surface area contributed by atoms with Gasteiger partial charge in [-0.15, -0.1) is 0 Å². The fraction of sp³-hybridized carbons (Fsp3) is 0.235. The first kappa shape index (κ1) is 14.1. The minimum Gasteiger partial charge on any atom is -0.497 e. The fourth-order valence-electron chi connectivity index (χ4n) is 2.04. The molecule has 0 spiro atoms. The van der Waals surface area contributed by atoms with Gasteiger partial charge in [0.15, 0.2) is 5.78 Å². The van der Waals surface area contributed by atoms with Crippen molar-refractivity contribution in [3.8, 4) is 11.5 Å². The molecule has 0 saturated heterocycles. The van der Waals surface area contributed by atoms with Crippen LogP contribution in [0.25, 0.3) is 0 Å². The van der Waals surface area contributed by atoms with Crippen LogP contribution in [0, 0.1) is 6.92 Å². The number of methoxy groups -OCH3 is 1. The zero-order valence-corrected chi connectivity index (χ0v) is 12.0. The number of ketones is 1. The average molecular weight is 270 g/mol. The first-order valence-corrected chi connectivity index (χ1v) is 6.58. The third-order valence-electron chi connectivity index (χ3n) is 3.11. The van der Waals surface area contributed by atoms with Crippen molar-refractivity contribution in [1.82, 2.24) is 0 Å². The van der Waals surface area contributed by atoms with Crippen molar-refractivity contribution < 1.29 is 14.3 Å². The Kier molecular flexibility index (Phi) is 4.41. The predicted octanol–water partition coefficient (Wildman–Crippen LogP) is 3.63. The molecule has 2 rings (SSSR count). The van der Waals surface area contributed by atoms with Gasteiger partial charge in [0.1, 0.15) is 11.5 Å². The summed E-state index contributed by atoms with van der Waals surface area (Å²) in [6, 6.07) is 12.7. The number of benzene rings is 2. The second-order valence-corrected chi connectivity index (χ2v) is 4.47. The van der Waals surface area contributed by atoms with Gasteiger partial charge in [-0.25, -0.2) is 0 Å². The Morgan fingerprint density at radius 3 is 2.25 bits per heavy atom. The lowest BCUT2D eigenvalue weighted by molar-refractivity contribution is 0.103. The van der Waals surface area contributed by atoms with E-state index in [2.05, 4.69) is 0 Å². The molecule has 3 heteroatoms. The topological polar surface area (TPSA) is 35.5 Å². The molecule has 0 aliphatic carbocycles. The van der Waals surface area contributed by atoms with E-state index in [1.807, 2.05) is 32.0 Å². The molecule has 20 heavy (non-hydrogen) atoms. The van der Waals surface area contributed by atoms with E-state index in [4.69, 9.17) is 9.47 Å². The highest BCUT2D eigenvalue weighted by atomic mass is 16.5. The summed E-state index contributed by atoms with van der Waals surface area (Å²) in [4.78, 5) is 12.5. The second kappa shape index (κ2) is 6.24. The normalized spacial score (nSPS) is 10.2. The van der Waals surface area contributed by atoms with Crippen LogP contribution in [0.2, 0.25) is 0 Å². The molecule has 0 aromatic heterocycles. The minimum absolute atomic E-state index is 0.00759. The van der Waals surface area contributed by atoms with E-state index >= 15 is 0 Å². The number of hydrogen-bond acceptors (Lipinski definition) is 3. The summed E-state index contributed by atoms with van der Waals surface area (Å²) in [6.45, 7) is 4.45. The quantitative estimate of drug-likeness (QED) is 0.778. The Morgan fingerprint density at radius 1 is 1.05 bits per heavy atom. The van der Waals surface area contributed by atoms with Crippen LogP contribution in [0.4, 0.5) is 0 Å². The van der Waals surface area contributed by atoms with Gasteiger partial charge in [0.05, 0.1) is 13.7 Å². The molecule has 0 amide bonds. The minimum atomic E-state index is 0.00759. The van der Waals surface area contributed by atoms with Crippen LogP contribution in [-0.2, 0) is 0 Å². The Balaban J connectivity index is 2.26. The van der Waals surface area contributed by atoms with Gasteiger partial charge >= 0.3 is 0 Å². The van der Waals surface area contributed by atoms with Crippen LogP contribution in [0.5, 0.6) is 11.5 Å². The van der Waals surface area contributed by atoms with Crippen LogP contribution in [0.15, 0.2) is 42.5 Å². The van der Waals surface area contributed by atoms with Crippen LogP contribution >= 0.6 is 0 Å². The molecule has 0 heterocycles. The molecular weight excluding hydrogens is 252 g/mol. The van der Waals surface area contributed by atoms with Crippen molar-refractivity contribution in [2.45, 2.75) is 13.8 Å². The van der Waals surface area contributed by atoms with E-state index in [0.29, 0.717) is 17.7 Å². The lowest BCUT2D eigenvalue weighted by atomic mass is 9.99. The lowest BCUT2D eigenvalue weighted by Crippen LogP contribution is -2.04. The highest BCUT2D eigenvalue weighted by molar-refractivity contribution is 6.10. The maximum absolute atomic E-state index is 12.5. The molecule has 0 atom stereocenters. The summed E-state index contributed by atoms with van der Waals surface area (Å²) in [7, 11) is 1.61. The zero-order valence-electron chi connectivity index (χ0n) is 12.0. The van der Waals surface area contributed by atoms with Crippen LogP contribution in [0.1, 0.15) is 28.4 Å². The molecule has 2 aromatic rings. The van der Waals surface area contributed by atoms with E-state index in [1.165, 1.54) is 0 Å². The standard InChI is InChI=1S/C17H18O3/c1-4-20-14-7-5-13(6-8-14)17(18)16-10-9-15(19-3)11-12(16)2/h5-11H,4H2,1-3H3. The molecular formula is C17H18O3. The number of carbonyl (C=O) groups excluding carboxylic acids is 1. The molecule has 0 aliphatic rings. The zero-order chi connectivity index (χ0) is 14.5. The molecule has 0 fully saturated rings. The van der Waals surface area contributed by atoms with Crippen molar-refractivity contribution in [2.24, 2.45) is 0 Å². The smallest absolute Gasteiger partial charge is 0.193 e. The van der Waals surface area contributed by atoms with Gasteiger partial charge in [-0.2, -0.15) is 0 Å². The average Bonchev–Trinajstić information content (AvgIpc) is 2.47. The molecule has 0 aliphatic heterocycles. The molecule has 0 radical (unpaired) electrons. The van der Waals surface area contributed by atoms with Crippen molar-refractivity contribution >= 4 is 5.78 Å². The number of carbonyl (C=O) groups is 1. The van der Waals surface area contributed by atoms with Crippen molar-refractivity contribution in [3.63, 3.8) is 0 Å². The van der Waals surface area contributed by atoms with Gasteiger partial charge in [-0.1, -0.05) is 0 Å². The van der Waals surface area contributed by atoms with Crippen LogP contribution in [0.3, 0.4) is 0 Å². The Hall–Kier alpha value is -2.29. The van der Waals surface area contributed by atoms with Crippen molar-refractivity contribution in [1.29, 1.82) is 0 Å². The molecule has 3 nitrogen and oxygen atoms in total. The van der Waals surface area contributed by atoms with E-state index in [9.17, 15) is 4.79 Å². The molecule has 0 N–H and O–H groups in total. The fourth-order valence-corrected chi connectivity index (χ4v) is 2.04. The summed E-state index contributed by atoms with van der Waals surface area (Å²) >= 11 is 0. The summed E-state index contributed by atoms with van der Waals surface area (Å²) in [5.41, 5.74) is 2.25. The summed E-state index contributed by atoms with van der Waals surface area (Å²) < 4.78 is 10.5. The van der Waals surface area contributed by atoms with E-state index in [0.717, 1.165) is 17.1 Å². The Morgan fingerprint density at radius 2 is 1.70 bits per heavy atom. The molecule has 0 saturated carbocycles. The van der Waals surface area contributed by atoms with Crippen molar-refractivity contribution in [3.05, 3.63) is 59.2 Å². The highest BCUT2D eigenvalue weighted by Crippen LogP contribution is 2.21. The maximum atomic E-state index is 12.5. The number of aryl methyl sites for hydroxylation is 1. The first-order chi connectivity index (χ1) is 9.65. The number of hydrogen-bond donors (Lipinski definition) is 0. The van der Waals surface area contributed by atoms with Crippen LogP contribution in [-0.4, -0.2) is 19.5 Å². The first-order valence-electron chi connectivity index (χ1n) is 6.58. The number of rotatable bonds is 5. The molecule has 2 aromatic carbocycles. The van der Waals surface area contributed by atoms with E-state index in [-0.39, 0.29) is 5.78 Å². The van der Waals surface area contributed by atoms with Gasteiger partial charge in [-0.3, -0.25) is 4.79 Å². The Bertz CT molecular complexity index is 600. The highest BCUT2D eigenvalue weighted by Gasteiger charge is 2.12. The van der Waals surface area contributed by atoms with Gasteiger partial charge in [0, 0.05) is 11.1 Å². The third-order valence-corrected chi connectivity index (χ3v) is 3.11. The number of ether oxygens (including phenoxy) is 2. The summed E-state index contributed by atoms with van der Waals surface area (Å²) in [6.07, 6.45) is 0. The predicted molar refractivity (Wildman–Crippen MR) is 78.8 cm³/mol. The monoisotopic (exact) mass is 270 g/mol. The van der Waals surface area contributed by atoms with Gasteiger partial charge in [0.2, 0.25) is 0 Å². The van der Waals surface area contributed by atoms with Gasteiger partial charge in [-0.05, 0) is 61.9 Å². The van der Waals surface area contributed by atoms with E-state index < -0.39 is 0 Å². The lowest BCUT2D eigenvalue weighted by Gasteiger charge is -2.08. The molecule has 104 valence electrons. The third kappa shape index (κ3) is 2.99. The van der Waals surface area contributed by atoms with Crippen LogP contribution < -0.4 is 9.47 Å². The Labute approximate surface area is 119 Å². The van der Waals surface area contributed by atoms with Crippen molar-refractivity contribution in [2.75, 3.05) is 13.7 Å². The SMILES string of the molecule is CCOc1ccc(C(=O)c2ccc(OC)cc2C)cc1. The maximum Gasteiger partial charge on any atom is 0.193 e.